The van der Waals surface area contributed by atoms with Gasteiger partial charge >= 0.3 is 5.97 Å². The van der Waals surface area contributed by atoms with E-state index in [1.165, 1.54) is 0 Å². The Morgan fingerprint density at radius 3 is 1.94 bits per heavy atom. The Morgan fingerprint density at radius 2 is 1.56 bits per heavy atom. The number of aromatic nitrogens is 1. The van der Waals surface area contributed by atoms with Gasteiger partial charge in [0, 0.05) is 6.20 Å². The molecule has 0 radical (unpaired) electrons. The van der Waals surface area contributed by atoms with Crippen LogP contribution in [0.15, 0.2) is 24.4 Å². The van der Waals surface area contributed by atoms with Gasteiger partial charge in [0.25, 0.3) is 0 Å². The Bertz CT molecular complexity index is 273. The van der Waals surface area contributed by atoms with Gasteiger partial charge in [-0.25, -0.2) is 0 Å². The minimum atomic E-state index is -1.17. The Labute approximate surface area is 96.5 Å². The summed E-state index contributed by atoms with van der Waals surface area (Å²) in [6, 6.07) is 5.56. The van der Waals surface area contributed by atoms with Gasteiger partial charge in [-0.05, 0) is 32.9 Å². The molecule has 0 aromatic carbocycles. The van der Waals surface area contributed by atoms with Gasteiger partial charge in [0.1, 0.15) is 5.69 Å². The summed E-state index contributed by atoms with van der Waals surface area (Å²) in [4.78, 5) is 4.23. The van der Waals surface area contributed by atoms with Crippen molar-refractivity contribution in [2.75, 3.05) is 19.8 Å². The number of rotatable bonds is 7. The lowest BCUT2D eigenvalue weighted by atomic mass is 10.3. The first-order valence-corrected chi connectivity index (χ1v) is 5.62. The van der Waals surface area contributed by atoms with Crippen molar-refractivity contribution in [3.63, 3.8) is 0 Å². The molecule has 0 fully saturated rings. The third kappa shape index (κ3) is 3.01. The van der Waals surface area contributed by atoms with E-state index >= 15 is 0 Å². The topological polar surface area (TPSA) is 40.6 Å². The summed E-state index contributed by atoms with van der Waals surface area (Å²) in [5, 5.41) is 0. The Kier molecular flexibility index (Phi) is 5.38. The van der Waals surface area contributed by atoms with Crippen LogP contribution in [0.25, 0.3) is 0 Å². The number of hydrogen-bond acceptors (Lipinski definition) is 4. The molecule has 1 heterocycles. The smallest absolute Gasteiger partial charge is 0.323 e. The van der Waals surface area contributed by atoms with E-state index in [9.17, 15) is 0 Å². The van der Waals surface area contributed by atoms with Crippen LogP contribution in [0.1, 0.15) is 26.5 Å². The van der Waals surface area contributed by atoms with Crippen molar-refractivity contribution in [2.24, 2.45) is 0 Å². The average molecular weight is 225 g/mol. The molecule has 4 heteroatoms. The lowest BCUT2D eigenvalue weighted by Crippen LogP contribution is -2.37. The van der Waals surface area contributed by atoms with Crippen LogP contribution in [-0.4, -0.2) is 24.8 Å². The quantitative estimate of drug-likeness (QED) is 0.668. The fourth-order valence-corrected chi connectivity index (χ4v) is 1.46. The van der Waals surface area contributed by atoms with Crippen LogP contribution in [0.4, 0.5) is 0 Å². The first-order valence-electron chi connectivity index (χ1n) is 5.62. The van der Waals surface area contributed by atoms with Gasteiger partial charge < -0.3 is 14.2 Å². The molecular formula is C12H19NO3. The Morgan fingerprint density at radius 1 is 1.00 bits per heavy atom. The molecule has 0 aliphatic carbocycles. The van der Waals surface area contributed by atoms with Gasteiger partial charge in [-0.3, -0.25) is 4.98 Å². The first kappa shape index (κ1) is 13.1. The predicted octanol–water partition coefficient (Wildman–Crippen LogP) is 2.30. The zero-order valence-corrected chi connectivity index (χ0v) is 10.1. The molecule has 0 amide bonds. The molecule has 0 N–H and O–H groups in total. The van der Waals surface area contributed by atoms with Crippen LogP contribution in [0.5, 0.6) is 0 Å². The summed E-state index contributed by atoms with van der Waals surface area (Å²) in [5.74, 6) is -1.17. The van der Waals surface area contributed by atoms with Crippen molar-refractivity contribution >= 4 is 0 Å². The Balaban J connectivity index is 2.99. The maximum absolute atomic E-state index is 5.59. The second-order valence-corrected chi connectivity index (χ2v) is 3.07. The summed E-state index contributed by atoms with van der Waals surface area (Å²) >= 11 is 0. The van der Waals surface area contributed by atoms with Crippen LogP contribution in [-0.2, 0) is 20.2 Å². The highest BCUT2D eigenvalue weighted by Crippen LogP contribution is 2.27. The highest BCUT2D eigenvalue weighted by Gasteiger charge is 2.36. The molecule has 0 saturated heterocycles. The van der Waals surface area contributed by atoms with Crippen LogP contribution in [0, 0.1) is 0 Å². The summed E-state index contributed by atoms with van der Waals surface area (Å²) in [6.07, 6.45) is 1.70. The number of hydrogen-bond donors (Lipinski definition) is 0. The molecule has 0 aliphatic rings. The normalized spacial score (nSPS) is 11.7. The monoisotopic (exact) mass is 225 g/mol. The van der Waals surface area contributed by atoms with E-state index in [0.717, 1.165) is 0 Å². The highest BCUT2D eigenvalue weighted by atomic mass is 16.9. The van der Waals surface area contributed by atoms with E-state index in [1.807, 2.05) is 39.0 Å². The van der Waals surface area contributed by atoms with Gasteiger partial charge in [0.15, 0.2) is 0 Å². The molecule has 0 atom stereocenters. The lowest BCUT2D eigenvalue weighted by Gasteiger charge is -2.31. The third-order valence-electron chi connectivity index (χ3n) is 1.98. The molecule has 0 aliphatic heterocycles. The van der Waals surface area contributed by atoms with Gasteiger partial charge in [-0.1, -0.05) is 6.07 Å². The minimum Gasteiger partial charge on any atom is -0.323 e. The van der Waals surface area contributed by atoms with Gasteiger partial charge in [0.2, 0.25) is 0 Å². The molecule has 0 bridgehead atoms. The zero-order chi connectivity index (χ0) is 11.9. The van der Waals surface area contributed by atoms with E-state index in [2.05, 4.69) is 4.98 Å². The standard InChI is InChI=1S/C12H19NO3/c1-4-14-12(15-5-2,16-6-3)11-9-7-8-10-13-11/h7-10H,4-6H2,1-3H3. The van der Waals surface area contributed by atoms with Crippen LogP contribution in [0.2, 0.25) is 0 Å². The second kappa shape index (κ2) is 6.58. The number of pyridine rings is 1. The van der Waals surface area contributed by atoms with Crippen molar-refractivity contribution in [1.29, 1.82) is 0 Å². The molecule has 90 valence electrons. The van der Waals surface area contributed by atoms with Crippen molar-refractivity contribution in [3.8, 4) is 0 Å². The second-order valence-electron chi connectivity index (χ2n) is 3.07. The summed E-state index contributed by atoms with van der Waals surface area (Å²) < 4.78 is 16.8. The molecular weight excluding hydrogens is 206 g/mol. The maximum atomic E-state index is 5.59. The van der Waals surface area contributed by atoms with Crippen molar-refractivity contribution < 1.29 is 14.2 Å². The molecule has 1 aromatic heterocycles. The van der Waals surface area contributed by atoms with E-state index in [0.29, 0.717) is 25.5 Å². The van der Waals surface area contributed by atoms with Crippen molar-refractivity contribution in [3.05, 3.63) is 30.1 Å². The third-order valence-corrected chi connectivity index (χ3v) is 1.98. The molecule has 0 saturated carbocycles. The SMILES string of the molecule is CCOC(OCC)(OCC)c1ccccn1. The average Bonchev–Trinajstić information content (AvgIpc) is 2.31. The molecule has 16 heavy (non-hydrogen) atoms. The molecule has 4 nitrogen and oxygen atoms in total. The lowest BCUT2D eigenvalue weighted by molar-refractivity contribution is -0.391. The Hall–Kier alpha value is -0.970. The minimum absolute atomic E-state index is 0.497. The molecule has 1 aromatic rings. The predicted molar refractivity (Wildman–Crippen MR) is 60.8 cm³/mol. The maximum Gasteiger partial charge on any atom is 0.329 e. The summed E-state index contributed by atoms with van der Waals surface area (Å²) in [5.41, 5.74) is 0.639. The molecule has 0 unspecified atom stereocenters. The molecule has 1 rings (SSSR count). The number of nitrogens with zero attached hydrogens (tertiary/aromatic N) is 1. The van der Waals surface area contributed by atoms with E-state index in [-0.39, 0.29) is 0 Å². The number of ether oxygens (including phenoxy) is 3. The summed E-state index contributed by atoms with van der Waals surface area (Å²) in [7, 11) is 0. The fourth-order valence-electron chi connectivity index (χ4n) is 1.46. The largest absolute Gasteiger partial charge is 0.329 e. The molecule has 0 spiro atoms. The first-order chi connectivity index (χ1) is 7.79. The summed E-state index contributed by atoms with van der Waals surface area (Å²) in [6.45, 7) is 7.19. The highest BCUT2D eigenvalue weighted by molar-refractivity contribution is 5.07. The van der Waals surface area contributed by atoms with Gasteiger partial charge in [0.05, 0.1) is 19.8 Å². The fraction of sp³-hybridized carbons (Fsp3) is 0.583. The van der Waals surface area contributed by atoms with Crippen LogP contribution >= 0.6 is 0 Å². The van der Waals surface area contributed by atoms with Crippen LogP contribution < -0.4 is 0 Å². The van der Waals surface area contributed by atoms with E-state index in [1.54, 1.807) is 6.20 Å². The van der Waals surface area contributed by atoms with E-state index in [4.69, 9.17) is 14.2 Å². The van der Waals surface area contributed by atoms with Gasteiger partial charge in [-0.15, -0.1) is 0 Å². The van der Waals surface area contributed by atoms with Crippen LogP contribution in [0.3, 0.4) is 0 Å². The van der Waals surface area contributed by atoms with E-state index < -0.39 is 5.97 Å². The van der Waals surface area contributed by atoms with Crippen molar-refractivity contribution in [1.82, 2.24) is 4.98 Å². The van der Waals surface area contributed by atoms with Crippen molar-refractivity contribution in [2.45, 2.75) is 26.7 Å². The van der Waals surface area contributed by atoms with Gasteiger partial charge in [-0.2, -0.15) is 0 Å². The zero-order valence-electron chi connectivity index (χ0n) is 10.1.